The Morgan fingerprint density at radius 3 is 2.81 bits per heavy atom. The van der Waals surface area contributed by atoms with Crippen LogP contribution >= 0.6 is 0 Å². The topological polar surface area (TPSA) is 87.1 Å². The summed E-state index contributed by atoms with van der Waals surface area (Å²) in [4.78, 5) is 28.3. The lowest BCUT2D eigenvalue weighted by molar-refractivity contribution is -0.116. The number of amides is 1. The average molecular weight is 379 g/mol. The van der Waals surface area contributed by atoms with Crippen molar-refractivity contribution in [3.63, 3.8) is 0 Å². The molecular formula is C20H17N3O3S. The summed E-state index contributed by atoms with van der Waals surface area (Å²) in [7, 11) is 0. The number of hydrogen-bond donors (Lipinski definition) is 1. The maximum Gasteiger partial charge on any atom is 0.328 e. The number of aryl methyl sites for hydroxylation is 1. The number of rotatable bonds is 5. The minimum atomic E-state index is -1.57. The fourth-order valence-corrected chi connectivity index (χ4v) is 4.17. The second-order valence-corrected chi connectivity index (χ2v) is 7.59. The Morgan fingerprint density at radius 2 is 2.00 bits per heavy atom. The number of para-hydroxylation sites is 1. The van der Waals surface area contributed by atoms with E-state index >= 15 is 0 Å². The summed E-state index contributed by atoms with van der Waals surface area (Å²) in [6.07, 6.45) is 4.32. The Bertz CT molecular complexity index is 1000. The van der Waals surface area contributed by atoms with Crippen LogP contribution in [0, 0.1) is 0 Å². The van der Waals surface area contributed by atoms with Crippen LogP contribution in [0.15, 0.2) is 66.1 Å². The zero-order valence-corrected chi connectivity index (χ0v) is 15.2. The third-order valence-electron chi connectivity index (χ3n) is 4.43. The van der Waals surface area contributed by atoms with Gasteiger partial charge in [0, 0.05) is 35.0 Å². The molecule has 1 aliphatic heterocycles. The summed E-state index contributed by atoms with van der Waals surface area (Å²) >= 11 is -1.57. The minimum Gasteiger partial charge on any atom is -0.609 e. The smallest absolute Gasteiger partial charge is 0.328 e. The summed E-state index contributed by atoms with van der Waals surface area (Å²) in [5, 5.41) is 3.14. The second kappa shape index (κ2) is 7.38. The number of nitrogens with zero attached hydrogens (tertiary/aromatic N) is 2. The van der Waals surface area contributed by atoms with Crippen LogP contribution in [0.25, 0.3) is 5.69 Å². The Hall–Kier alpha value is -2.90. The van der Waals surface area contributed by atoms with Gasteiger partial charge in [-0.1, -0.05) is 18.2 Å². The van der Waals surface area contributed by atoms with E-state index < -0.39 is 11.2 Å². The largest absolute Gasteiger partial charge is 0.609 e. The predicted molar refractivity (Wildman–Crippen MR) is 103 cm³/mol. The SMILES string of the molecule is O=C1CCc2cc(C(=O)C[S+]([O-])c3nccn3-c3ccccc3)ccc2N1. The maximum absolute atomic E-state index is 12.8. The summed E-state index contributed by atoms with van der Waals surface area (Å²) < 4.78 is 14.5. The average Bonchev–Trinajstić information content (AvgIpc) is 3.18. The van der Waals surface area contributed by atoms with E-state index in [2.05, 4.69) is 10.3 Å². The van der Waals surface area contributed by atoms with Gasteiger partial charge in [-0.25, -0.2) is 0 Å². The van der Waals surface area contributed by atoms with E-state index in [-0.39, 0.29) is 17.4 Å². The first-order valence-corrected chi connectivity index (χ1v) is 9.87. The first kappa shape index (κ1) is 17.5. The Labute approximate surface area is 159 Å². The highest BCUT2D eigenvalue weighted by Crippen LogP contribution is 2.24. The van der Waals surface area contributed by atoms with Gasteiger partial charge in [0.25, 0.3) is 0 Å². The van der Waals surface area contributed by atoms with Crippen molar-refractivity contribution in [2.24, 2.45) is 0 Å². The van der Waals surface area contributed by atoms with Crippen LogP contribution < -0.4 is 5.32 Å². The van der Waals surface area contributed by atoms with Gasteiger partial charge in [-0.15, -0.1) is 0 Å². The van der Waals surface area contributed by atoms with Crippen molar-refractivity contribution in [1.29, 1.82) is 0 Å². The molecular weight excluding hydrogens is 362 g/mol. The summed E-state index contributed by atoms with van der Waals surface area (Å²) in [6.45, 7) is 0. The lowest BCUT2D eigenvalue weighted by atomic mass is 9.99. The molecule has 136 valence electrons. The van der Waals surface area contributed by atoms with Gasteiger partial charge < -0.3 is 9.87 Å². The lowest BCUT2D eigenvalue weighted by Crippen LogP contribution is -2.21. The molecule has 1 amide bonds. The molecule has 0 saturated heterocycles. The number of carbonyl (C=O) groups is 2. The van der Waals surface area contributed by atoms with Crippen molar-refractivity contribution in [3.05, 3.63) is 72.1 Å². The Balaban J connectivity index is 1.52. The van der Waals surface area contributed by atoms with E-state index in [9.17, 15) is 14.1 Å². The number of aromatic nitrogens is 2. The van der Waals surface area contributed by atoms with Crippen LogP contribution in [0.4, 0.5) is 5.69 Å². The van der Waals surface area contributed by atoms with E-state index in [1.165, 1.54) is 0 Å². The van der Waals surface area contributed by atoms with Crippen molar-refractivity contribution < 1.29 is 14.1 Å². The second-order valence-electron chi connectivity index (χ2n) is 6.25. The number of ketones is 1. The van der Waals surface area contributed by atoms with Gasteiger partial charge in [-0.05, 0) is 42.3 Å². The molecule has 2 heterocycles. The van der Waals surface area contributed by atoms with E-state index in [0.29, 0.717) is 23.6 Å². The van der Waals surface area contributed by atoms with E-state index in [4.69, 9.17) is 0 Å². The maximum atomic E-state index is 12.8. The van der Waals surface area contributed by atoms with Crippen molar-refractivity contribution >= 4 is 28.6 Å². The fraction of sp³-hybridized carbons (Fsp3) is 0.150. The number of imidazole rings is 1. The molecule has 1 aliphatic rings. The molecule has 0 bridgehead atoms. The fourth-order valence-electron chi connectivity index (χ4n) is 3.07. The Kier molecular flexibility index (Phi) is 4.79. The van der Waals surface area contributed by atoms with Crippen LogP contribution in [0.2, 0.25) is 0 Å². The van der Waals surface area contributed by atoms with Crippen molar-refractivity contribution in [1.82, 2.24) is 9.55 Å². The molecule has 7 heteroatoms. The molecule has 4 rings (SSSR count). The van der Waals surface area contributed by atoms with Gasteiger partial charge in [0.1, 0.15) is 0 Å². The Morgan fingerprint density at radius 1 is 1.19 bits per heavy atom. The van der Waals surface area contributed by atoms with Gasteiger partial charge in [-0.3, -0.25) is 14.2 Å². The number of nitrogens with one attached hydrogen (secondary N) is 1. The number of fused-ring (bicyclic) bond motifs is 1. The highest BCUT2D eigenvalue weighted by Gasteiger charge is 2.24. The molecule has 3 aromatic rings. The molecule has 0 fully saturated rings. The van der Waals surface area contributed by atoms with Crippen LogP contribution in [-0.4, -0.2) is 31.5 Å². The first-order valence-electron chi connectivity index (χ1n) is 8.55. The van der Waals surface area contributed by atoms with E-state index in [1.807, 2.05) is 30.3 Å². The third-order valence-corrected chi connectivity index (χ3v) is 5.66. The number of Topliss-reactive ketones (excluding diaryl/α,β-unsaturated/α-hetero) is 1. The van der Waals surface area contributed by atoms with Crippen LogP contribution in [0.1, 0.15) is 22.3 Å². The molecule has 6 nitrogen and oxygen atoms in total. The highest BCUT2D eigenvalue weighted by atomic mass is 32.2. The van der Waals surface area contributed by atoms with Gasteiger partial charge in [-0.2, -0.15) is 4.98 Å². The lowest BCUT2D eigenvalue weighted by Gasteiger charge is -2.17. The minimum absolute atomic E-state index is 0.0181. The van der Waals surface area contributed by atoms with Crippen molar-refractivity contribution in [2.45, 2.75) is 18.0 Å². The van der Waals surface area contributed by atoms with Gasteiger partial charge in [0.05, 0.1) is 11.9 Å². The summed E-state index contributed by atoms with van der Waals surface area (Å²) in [5.74, 6) is -0.374. The standard InChI is InChI=1S/C20H17N3O3S/c24-18(15-6-8-17-14(12-15)7-9-19(25)22-17)13-27(26)20-21-10-11-23(20)16-4-2-1-3-5-16/h1-6,8,10-12H,7,9,13H2,(H,22,25). The van der Waals surface area contributed by atoms with Crippen molar-refractivity contribution in [3.8, 4) is 5.69 Å². The normalized spacial score (nSPS) is 14.3. The van der Waals surface area contributed by atoms with Crippen LogP contribution in [-0.2, 0) is 22.4 Å². The molecule has 0 saturated carbocycles. The van der Waals surface area contributed by atoms with Crippen molar-refractivity contribution in [2.75, 3.05) is 11.1 Å². The molecule has 1 N–H and O–H groups in total. The number of hydrogen-bond acceptors (Lipinski definition) is 4. The molecule has 1 unspecified atom stereocenters. The molecule has 1 aromatic heterocycles. The number of anilines is 1. The zero-order valence-electron chi connectivity index (χ0n) is 14.4. The third kappa shape index (κ3) is 3.65. The quantitative estimate of drug-likeness (QED) is 0.545. The van der Waals surface area contributed by atoms with E-state index in [1.54, 1.807) is 35.2 Å². The summed E-state index contributed by atoms with van der Waals surface area (Å²) in [6, 6.07) is 14.6. The van der Waals surface area contributed by atoms with Crippen LogP contribution in [0.5, 0.6) is 0 Å². The monoisotopic (exact) mass is 379 g/mol. The molecule has 2 aromatic carbocycles. The first-order chi connectivity index (χ1) is 13.1. The highest BCUT2D eigenvalue weighted by molar-refractivity contribution is 7.92. The van der Waals surface area contributed by atoms with Crippen LogP contribution in [0.3, 0.4) is 0 Å². The number of carbonyl (C=O) groups excluding carboxylic acids is 2. The molecule has 1 atom stereocenters. The molecule has 0 spiro atoms. The molecule has 27 heavy (non-hydrogen) atoms. The molecule has 0 radical (unpaired) electrons. The number of benzene rings is 2. The van der Waals surface area contributed by atoms with Gasteiger partial charge in [0.2, 0.25) is 11.7 Å². The molecule has 0 aliphatic carbocycles. The summed E-state index contributed by atoms with van der Waals surface area (Å²) in [5.41, 5.74) is 3.01. The zero-order chi connectivity index (χ0) is 18.8. The van der Waals surface area contributed by atoms with Gasteiger partial charge in [0.15, 0.2) is 5.75 Å². The van der Waals surface area contributed by atoms with Gasteiger partial charge >= 0.3 is 5.16 Å². The predicted octanol–water partition coefficient (Wildman–Crippen LogP) is 2.75. The van der Waals surface area contributed by atoms with E-state index in [0.717, 1.165) is 16.9 Å².